The van der Waals surface area contributed by atoms with E-state index >= 15 is 0 Å². The minimum Gasteiger partial charge on any atom is -0.460 e. The van der Waals surface area contributed by atoms with Crippen LogP contribution >= 0.6 is 23.2 Å². The Morgan fingerprint density at radius 3 is 2.69 bits per heavy atom. The summed E-state index contributed by atoms with van der Waals surface area (Å²) in [6.45, 7) is 4.19. The van der Waals surface area contributed by atoms with Crippen LogP contribution in [0.3, 0.4) is 0 Å². The van der Waals surface area contributed by atoms with Crippen LogP contribution in [0.1, 0.15) is 5.76 Å². The molecule has 0 amide bonds. The highest BCUT2D eigenvalue weighted by molar-refractivity contribution is 6.31. The molecule has 0 N–H and O–H groups in total. The van der Waals surface area contributed by atoms with E-state index in [9.17, 15) is 0 Å². The molecule has 1 saturated heterocycles. The highest BCUT2D eigenvalue weighted by Crippen LogP contribution is 2.33. The predicted molar refractivity (Wildman–Crippen MR) is 128 cm³/mol. The van der Waals surface area contributed by atoms with Crippen molar-refractivity contribution in [1.82, 2.24) is 14.9 Å². The van der Waals surface area contributed by atoms with E-state index in [2.05, 4.69) is 20.9 Å². The number of fused-ring (bicyclic) bond motifs is 1. The van der Waals surface area contributed by atoms with E-state index in [1.54, 1.807) is 6.07 Å². The fourth-order valence-corrected chi connectivity index (χ4v) is 4.24. The van der Waals surface area contributed by atoms with Crippen molar-refractivity contribution in [3.8, 4) is 11.3 Å². The average molecular weight is 469 g/mol. The van der Waals surface area contributed by atoms with Crippen LogP contribution in [-0.2, 0) is 11.3 Å². The predicted octanol–water partition coefficient (Wildman–Crippen LogP) is 5.80. The van der Waals surface area contributed by atoms with Gasteiger partial charge in [-0.3, -0.25) is 4.90 Å². The number of hydrogen-bond donors (Lipinski definition) is 0. The number of ether oxygens (including phenoxy) is 1. The lowest BCUT2D eigenvalue weighted by molar-refractivity contribution is 0.0314. The lowest BCUT2D eigenvalue weighted by Gasteiger charge is -2.25. The fourth-order valence-electron chi connectivity index (χ4n) is 3.90. The van der Waals surface area contributed by atoms with Gasteiger partial charge in [-0.05, 0) is 54.1 Å². The van der Waals surface area contributed by atoms with E-state index in [1.807, 2.05) is 54.4 Å². The Hall–Kier alpha value is -2.64. The third-order valence-electron chi connectivity index (χ3n) is 5.59. The Labute approximate surface area is 196 Å². The molecule has 0 saturated carbocycles. The number of furan rings is 1. The number of hydrogen-bond acceptors (Lipinski definition) is 6. The topological polar surface area (TPSA) is 54.6 Å². The molecule has 2 aromatic carbocycles. The largest absolute Gasteiger partial charge is 0.460 e. The molecule has 1 aliphatic rings. The van der Waals surface area contributed by atoms with E-state index < -0.39 is 0 Å². The van der Waals surface area contributed by atoms with Gasteiger partial charge < -0.3 is 14.1 Å². The molecule has 0 unspecified atom stereocenters. The average Bonchev–Trinajstić information content (AvgIpc) is 3.27. The van der Waals surface area contributed by atoms with E-state index in [4.69, 9.17) is 32.4 Å². The second-order valence-electron chi connectivity index (χ2n) is 7.74. The Bertz CT molecular complexity index is 1250. The minimum atomic E-state index is 0.177. The lowest BCUT2D eigenvalue weighted by Crippen LogP contribution is -2.35. The summed E-state index contributed by atoms with van der Waals surface area (Å²) in [6.07, 6.45) is 0. The van der Waals surface area contributed by atoms with Crippen LogP contribution in [0.15, 0.2) is 59.0 Å². The number of rotatable bonds is 5. The summed E-state index contributed by atoms with van der Waals surface area (Å²) in [4.78, 5) is 13.1. The van der Waals surface area contributed by atoms with Crippen molar-refractivity contribution >= 4 is 45.6 Å². The molecule has 1 aliphatic heterocycles. The molecular formula is C24H22Cl2N4O2. The molecule has 0 bridgehead atoms. The zero-order valence-electron chi connectivity index (χ0n) is 17.6. The number of aromatic nitrogens is 2. The van der Waals surface area contributed by atoms with E-state index in [0.717, 1.165) is 61.0 Å². The van der Waals surface area contributed by atoms with Crippen LogP contribution in [0.25, 0.3) is 22.2 Å². The Balaban J connectivity index is 1.43. The lowest BCUT2D eigenvalue weighted by atomic mass is 10.1. The molecule has 4 aromatic rings. The standard InChI is InChI=1S/C24H22Cl2N4O2/c1-29(23-20-7-5-17(25)14-21(20)27-24(26)28-23)18-4-2-3-16(13-18)22-8-6-19(32-22)15-30-9-11-31-12-10-30/h2-8,13-14H,9-12,15H2,1H3. The van der Waals surface area contributed by atoms with Gasteiger partial charge in [0.25, 0.3) is 0 Å². The normalized spacial score (nSPS) is 14.7. The monoisotopic (exact) mass is 468 g/mol. The van der Waals surface area contributed by atoms with E-state index in [1.165, 1.54) is 0 Å². The molecule has 0 spiro atoms. The highest BCUT2D eigenvalue weighted by atomic mass is 35.5. The Kier molecular flexibility index (Phi) is 6.02. The number of morpholine rings is 1. The first-order valence-corrected chi connectivity index (χ1v) is 11.2. The van der Waals surface area contributed by atoms with Gasteiger partial charge in [-0.1, -0.05) is 23.7 Å². The van der Waals surface area contributed by atoms with Crippen LogP contribution in [0.2, 0.25) is 10.3 Å². The van der Waals surface area contributed by atoms with E-state index in [-0.39, 0.29) is 5.28 Å². The summed E-state index contributed by atoms with van der Waals surface area (Å²) in [5.74, 6) is 2.49. The number of halogens is 2. The van der Waals surface area contributed by atoms with Crippen LogP contribution in [0, 0.1) is 0 Å². The summed E-state index contributed by atoms with van der Waals surface area (Å²) in [5, 5.41) is 1.66. The van der Waals surface area contributed by atoms with Crippen molar-refractivity contribution in [1.29, 1.82) is 0 Å². The first-order chi connectivity index (χ1) is 15.6. The first kappa shape index (κ1) is 21.2. The number of benzene rings is 2. The van der Waals surface area contributed by atoms with Gasteiger partial charge in [-0.2, -0.15) is 4.98 Å². The zero-order chi connectivity index (χ0) is 22.1. The molecule has 5 rings (SSSR count). The second kappa shape index (κ2) is 9.08. The van der Waals surface area contributed by atoms with Gasteiger partial charge in [-0.15, -0.1) is 0 Å². The third-order valence-corrected chi connectivity index (χ3v) is 6.00. The third kappa shape index (κ3) is 4.45. The smallest absolute Gasteiger partial charge is 0.224 e. The Morgan fingerprint density at radius 1 is 1.00 bits per heavy atom. The molecule has 8 heteroatoms. The molecule has 3 heterocycles. The van der Waals surface area contributed by atoms with Crippen LogP contribution in [0.4, 0.5) is 11.5 Å². The molecule has 32 heavy (non-hydrogen) atoms. The maximum atomic E-state index is 6.20. The maximum absolute atomic E-state index is 6.20. The Morgan fingerprint density at radius 2 is 1.84 bits per heavy atom. The summed E-state index contributed by atoms with van der Waals surface area (Å²) >= 11 is 12.3. The van der Waals surface area contributed by atoms with Gasteiger partial charge in [0.1, 0.15) is 17.3 Å². The van der Waals surface area contributed by atoms with Crippen molar-refractivity contribution in [3.05, 3.63) is 70.7 Å². The van der Waals surface area contributed by atoms with Gasteiger partial charge in [-0.25, -0.2) is 4.98 Å². The first-order valence-electron chi connectivity index (χ1n) is 10.4. The molecule has 2 aromatic heterocycles. The molecule has 0 aliphatic carbocycles. The SMILES string of the molecule is CN(c1cccc(-c2ccc(CN3CCOCC3)o2)c1)c1nc(Cl)nc2cc(Cl)ccc12. The fraction of sp³-hybridized carbons (Fsp3) is 0.250. The van der Waals surface area contributed by atoms with Crippen molar-refractivity contribution in [2.24, 2.45) is 0 Å². The van der Waals surface area contributed by atoms with Crippen molar-refractivity contribution in [2.75, 3.05) is 38.3 Å². The van der Waals surface area contributed by atoms with Crippen molar-refractivity contribution in [3.63, 3.8) is 0 Å². The molecule has 0 radical (unpaired) electrons. The summed E-state index contributed by atoms with van der Waals surface area (Å²) in [5.41, 5.74) is 2.66. The second-order valence-corrected chi connectivity index (χ2v) is 8.52. The van der Waals surface area contributed by atoms with Crippen molar-refractivity contribution in [2.45, 2.75) is 6.54 Å². The van der Waals surface area contributed by atoms with Crippen LogP contribution in [-0.4, -0.2) is 48.2 Å². The van der Waals surface area contributed by atoms with Crippen LogP contribution < -0.4 is 4.90 Å². The van der Waals surface area contributed by atoms with Gasteiger partial charge >= 0.3 is 0 Å². The number of nitrogens with zero attached hydrogens (tertiary/aromatic N) is 4. The van der Waals surface area contributed by atoms with Gasteiger partial charge in [0.2, 0.25) is 5.28 Å². The van der Waals surface area contributed by atoms with Gasteiger partial charge in [0, 0.05) is 41.8 Å². The van der Waals surface area contributed by atoms with Crippen LogP contribution in [0.5, 0.6) is 0 Å². The summed E-state index contributed by atoms with van der Waals surface area (Å²) in [6, 6.07) is 17.7. The van der Waals surface area contributed by atoms with Gasteiger partial charge in [0.15, 0.2) is 0 Å². The number of anilines is 2. The molecule has 6 nitrogen and oxygen atoms in total. The summed E-state index contributed by atoms with van der Waals surface area (Å²) < 4.78 is 11.6. The minimum absolute atomic E-state index is 0.177. The molecule has 0 atom stereocenters. The highest BCUT2D eigenvalue weighted by Gasteiger charge is 2.16. The molecule has 164 valence electrons. The van der Waals surface area contributed by atoms with E-state index in [0.29, 0.717) is 16.4 Å². The summed E-state index contributed by atoms with van der Waals surface area (Å²) in [7, 11) is 1.96. The maximum Gasteiger partial charge on any atom is 0.224 e. The zero-order valence-corrected chi connectivity index (χ0v) is 19.1. The van der Waals surface area contributed by atoms with Crippen molar-refractivity contribution < 1.29 is 9.15 Å². The van der Waals surface area contributed by atoms with Gasteiger partial charge in [0.05, 0.1) is 25.3 Å². The quantitative estimate of drug-likeness (QED) is 0.345. The molecular weight excluding hydrogens is 447 g/mol. The molecule has 1 fully saturated rings.